The van der Waals surface area contributed by atoms with Crippen LogP contribution in [0.5, 0.6) is 0 Å². The van der Waals surface area contributed by atoms with Gasteiger partial charge in [-0.25, -0.2) is 4.79 Å². The maximum Gasteiger partial charge on any atom is 0.329 e. The highest BCUT2D eigenvalue weighted by atomic mass is 16.6. The summed E-state index contributed by atoms with van der Waals surface area (Å²) < 4.78 is 5.50. The van der Waals surface area contributed by atoms with E-state index < -0.39 is 11.6 Å². The smallest absolute Gasteiger partial charge is 0.329 e. The Morgan fingerprint density at radius 1 is 1.24 bits per heavy atom. The third kappa shape index (κ3) is 5.45. The molecule has 0 spiro atoms. The molecule has 1 saturated heterocycles. The summed E-state index contributed by atoms with van der Waals surface area (Å²) in [5.41, 5.74) is 0.556. The lowest BCUT2D eigenvalue weighted by molar-refractivity contribution is -0.158. The summed E-state index contributed by atoms with van der Waals surface area (Å²) in [6.45, 7) is 7.61. The molecule has 1 aliphatic heterocycles. The number of carbonyl (C=O) groups is 2. The number of hydrogen-bond donors (Lipinski definition) is 1. The van der Waals surface area contributed by atoms with Crippen molar-refractivity contribution < 1.29 is 14.3 Å². The van der Waals surface area contributed by atoms with E-state index in [1.165, 1.54) is 0 Å². The highest BCUT2D eigenvalue weighted by Gasteiger charge is 2.45. The number of hydrogen-bond acceptors (Lipinski definition) is 3. The second kappa shape index (κ2) is 8.32. The standard InChI is InChI=1S/C21H29NO3/c1-5-10-16-17(14-9-13-15-11-7-6-8-12-15)19(23)22-18(16)20(24)25-21(2,3)4/h6-9,11-13,16-18H,5,10,14H2,1-4H3,(H,22,23)/b13-9+/t16?,17?,18-/m0/s1. The Bertz CT molecular complexity index is 616. The van der Waals surface area contributed by atoms with Crippen molar-refractivity contribution >= 4 is 18.0 Å². The summed E-state index contributed by atoms with van der Waals surface area (Å²) in [6, 6.07) is 9.46. The van der Waals surface area contributed by atoms with Crippen LogP contribution in [-0.2, 0) is 14.3 Å². The van der Waals surface area contributed by atoms with Gasteiger partial charge in [-0.05, 0) is 39.2 Å². The molecule has 1 aliphatic rings. The van der Waals surface area contributed by atoms with Crippen LogP contribution in [0.3, 0.4) is 0 Å². The molecule has 1 aromatic carbocycles. The quantitative estimate of drug-likeness (QED) is 0.795. The summed E-state index contributed by atoms with van der Waals surface area (Å²) in [5.74, 6) is -0.578. The molecule has 1 N–H and O–H groups in total. The van der Waals surface area contributed by atoms with Crippen LogP contribution in [-0.4, -0.2) is 23.5 Å². The van der Waals surface area contributed by atoms with Crippen LogP contribution in [0.1, 0.15) is 52.5 Å². The fourth-order valence-corrected chi connectivity index (χ4v) is 3.29. The first-order valence-corrected chi connectivity index (χ1v) is 9.06. The SMILES string of the molecule is CCCC1C(C/C=C/c2ccccc2)C(=O)N[C@@H]1C(=O)OC(C)(C)C. The molecule has 1 aromatic rings. The van der Waals surface area contributed by atoms with Gasteiger partial charge in [-0.15, -0.1) is 0 Å². The predicted molar refractivity (Wildman–Crippen MR) is 99.8 cm³/mol. The number of carbonyl (C=O) groups excluding carboxylic acids is 2. The van der Waals surface area contributed by atoms with E-state index in [9.17, 15) is 9.59 Å². The largest absolute Gasteiger partial charge is 0.458 e. The molecule has 0 aromatic heterocycles. The van der Waals surface area contributed by atoms with Gasteiger partial charge in [0, 0.05) is 11.8 Å². The molecule has 2 rings (SSSR count). The van der Waals surface area contributed by atoms with Crippen molar-refractivity contribution in [3.63, 3.8) is 0 Å². The van der Waals surface area contributed by atoms with Gasteiger partial charge in [0.1, 0.15) is 11.6 Å². The van der Waals surface area contributed by atoms with Crippen LogP contribution in [0.25, 0.3) is 6.08 Å². The molecule has 1 fully saturated rings. The zero-order chi connectivity index (χ0) is 18.4. The Morgan fingerprint density at radius 3 is 2.52 bits per heavy atom. The Labute approximate surface area is 150 Å². The monoisotopic (exact) mass is 343 g/mol. The minimum Gasteiger partial charge on any atom is -0.458 e. The van der Waals surface area contributed by atoms with Crippen LogP contribution >= 0.6 is 0 Å². The van der Waals surface area contributed by atoms with Crippen molar-refractivity contribution in [1.29, 1.82) is 0 Å². The normalized spacial score (nSPS) is 23.7. The molecular formula is C21H29NO3. The van der Waals surface area contributed by atoms with Crippen molar-refractivity contribution in [3.8, 4) is 0 Å². The van der Waals surface area contributed by atoms with E-state index in [-0.39, 0.29) is 23.7 Å². The van der Waals surface area contributed by atoms with Crippen molar-refractivity contribution in [2.75, 3.05) is 0 Å². The highest BCUT2D eigenvalue weighted by molar-refractivity contribution is 5.90. The van der Waals surface area contributed by atoms with Crippen LogP contribution in [0.15, 0.2) is 36.4 Å². The molecule has 0 aliphatic carbocycles. The first-order valence-electron chi connectivity index (χ1n) is 9.06. The summed E-state index contributed by atoms with van der Waals surface area (Å²) in [4.78, 5) is 24.9. The maximum atomic E-state index is 12.5. The minimum atomic E-state index is -0.552. The average molecular weight is 343 g/mol. The molecular weight excluding hydrogens is 314 g/mol. The predicted octanol–water partition coefficient (Wildman–Crippen LogP) is 3.96. The molecule has 0 bridgehead atoms. The number of esters is 1. The minimum absolute atomic E-state index is 0.0206. The average Bonchev–Trinajstić information content (AvgIpc) is 2.84. The van der Waals surface area contributed by atoms with Crippen molar-refractivity contribution in [2.45, 2.75) is 58.6 Å². The number of allylic oxidation sites excluding steroid dienone is 1. The molecule has 0 radical (unpaired) electrons. The molecule has 3 atom stereocenters. The Kier molecular flexibility index (Phi) is 6.40. The molecule has 2 unspecified atom stereocenters. The summed E-state index contributed by atoms with van der Waals surface area (Å²) in [6.07, 6.45) is 6.44. The van der Waals surface area contributed by atoms with Gasteiger partial charge >= 0.3 is 5.97 Å². The van der Waals surface area contributed by atoms with Crippen LogP contribution in [0.2, 0.25) is 0 Å². The van der Waals surface area contributed by atoms with Gasteiger partial charge < -0.3 is 10.1 Å². The topological polar surface area (TPSA) is 55.4 Å². The van der Waals surface area contributed by atoms with Crippen LogP contribution < -0.4 is 5.32 Å². The number of rotatable bonds is 6. The van der Waals surface area contributed by atoms with Crippen molar-refractivity contribution in [2.24, 2.45) is 11.8 Å². The lowest BCUT2D eigenvalue weighted by Gasteiger charge is -2.25. The maximum absolute atomic E-state index is 12.5. The van der Waals surface area contributed by atoms with Gasteiger partial charge in [-0.1, -0.05) is 55.8 Å². The zero-order valence-corrected chi connectivity index (χ0v) is 15.6. The lowest BCUT2D eigenvalue weighted by Crippen LogP contribution is -2.41. The fraction of sp³-hybridized carbons (Fsp3) is 0.524. The fourth-order valence-electron chi connectivity index (χ4n) is 3.29. The summed E-state index contributed by atoms with van der Waals surface area (Å²) in [7, 11) is 0. The van der Waals surface area contributed by atoms with Crippen LogP contribution in [0, 0.1) is 11.8 Å². The third-order valence-electron chi connectivity index (χ3n) is 4.36. The molecule has 136 valence electrons. The van der Waals surface area contributed by atoms with E-state index in [0.29, 0.717) is 6.42 Å². The summed E-state index contributed by atoms with van der Waals surface area (Å²) >= 11 is 0. The van der Waals surface area contributed by atoms with Gasteiger partial charge in [0.25, 0.3) is 0 Å². The van der Waals surface area contributed by atoms with Gasteiger partial charge in [0.05, 0.1) is 0 Å². The second-order valence-corrected chi connectivity index (χ2v) is 7.63. The third-order valence-corrected chi connectivity index (χ3v) is 4.36. The molecule has 25 heavy (non-hydrogen) atoms. The molecule has 1 heterocycles. The Morgan fingerprint density at radius 2 is 1.92 bits per heavy atom. The van der Waals surface area contributed by atoms with Gasteiger partial charge in [-0.2, -0.15) is 0 Å². The number of benzene rings is 1. The second-order valence-electron chi connectivity index (χ2n) is 7.63. The molecule has 4 nitrogen and oxygen atoms in total. The van der Waals surface area contributed by atoms with E-state index in [4.69, 9.17) is 4.74 Å². The van der Waals surface area contributed by atoms with E-state index in [2.05, 4.69) is 12.2 Å². The van der Waals surface area contributed by atoms with Crippen LogP contribution in [0.4, 0.5) is 0 Å². The highest BCUT2D eigenvalue weighted by Crippen LogP contribution is 2.32. The first kappa shape index (κ1) is 19.2. The van der Waals surface area contributed by atoms with Gasteiger partial charge in [0.2, 0.25) is 5.91 Å². The van der Waals surface area contributed by atoms with Gasteiger partial charge in [-0.3, -0.25) is 4.79 Å². The van der Waals surface area contributed by atoms with E-state index >= 15 is 0 Å². The molecule has 4 heteroatoms. The van der Waals surface area contributed by atoms with Gasteiger partial charge in [0.15, 0.2) is 0 Å². The number of amides is 1. The van der Waals surface area contributed by atoms with E-state index in [1.54, 1.807) is 0 Å². The van der Waals surface area contributed by atoms with Crippen molar-refractivity contribution in [3.05, 3.63) is 42.0 Å². The molecule has 1 amide bonds. The van der Waals surface area contributed by atoms with E-state index in [0.717, 1.165) is 18.4 Å². The first-order chi connectivity index (χ1) is 11.8. The number of nitrogens with one attached hydrogen (secondary N) is 1. The van der Waals surface area contributed by atoms with Crippen molar-refractivity contribution in [1.82, 2.24) is 5.32 Å². The Hall–Kier alpha value is -2.10. The number of ether oxygens (including phenoxy) is 1. The Balaban J connectivity index is 2.07. The zero-order valence-electron chi connectivity index (χ0n) is 15.6. The lowest BCUT2D eigenvalue weighted by atomic mass is 9.84. The molecule has 0 saturated carbocycles. The summed E-state index contributed by atoms with van der Waals surface area (Å²) in [5, 5.41) is 2.86. The van der Waals surface area contributed by atoms with E-state index in [1.807, 2.05) is 63.3 Å².